The largest absolute Gasteiger partial charge is 3.00 e. The van der Waals surface area contributed by atoms with Gasteiger partial charge in [0.25, 0.3) is 0 Å². The third-order valence-corrected chi connectivity index (χ3v) is 14.8. The van der Waals surface area contributed by atoms with E-state index in [2.05, 4.69) is 79.7 Å². The van der Waals surface area contributed by atoms with E-state index in [0.717, 1.165) is 17.7 Å². The van der Waals surface area contributed by atoms with Gasteiger partial charge in [-0.2, -0.15) is 78.9 Å². The van der Waals surface area contributed by atoms with Gasteiger partial charge in [-0.3, -0.25) is 0 Å². The predicted octanol–water partition coefficient (Wildman–Crippen LogP) is 17.1. The molecule has 0 spiro atoms. The average molecular weight is 1150 g/mol. The Balaban J connectivity index is 0.000000236. The maximum atomic E-state index is 15.7. The summed E-state index contributed by atoms with van der Waals surface area (Å²) in [5, 5.41) is 3.64. The number of hydrogen-bond acceptors (Lipinski definition) is 0. The number of fused-ring (bicyclic) bond motifs is 2. The molecule has 0 aliphatic heterocycles. The second kappa shape index (κ2) is 26.8. The molecular weight excluding hydrogens is 1100 g/mol. The Labute approximate surface area is 468 Å². The minimum atomic E-state index is -2.39. The molecule has 11 rings (SSSR count). The van der Waals surface area contributed by atoms with Crippen molar-refractivity contribution >= 4 is 42.2 Å². The second-order valence-electron chi connectivity index (χ2n) is 17.5. The van der Waals surface area contributed by atoms with Crippen molar-refractivity contribution in [2.24, 2.45) is 0 Å². The van der Waals surface area contributed by atoms with E-state index in [-0.39, 0.29) is 60.5 Å². The van der Waals surface area contributed by atoms with Crippen LogP contribution in [0, 0.1) is 70.3 Å². The van der Waals surface area contributed by atoms with Gasteiger partial charge in [0.05, 0.1) is 0 Å². The van der Waals surface area contributed by atoms with E-state index < -0.39 is 89.1 Å². The quantitative estimate of drug-likeness (QED) is 0.0468. The smallest absolute Gasteiger partial charge is 0.184 e. The van der Waals surface area contributed by atoms with Crippen LogP contribution in [0.4, 0.5) is 43.9 Å². The Morgan fingerprint density at radius 2 is 0.872 bits per heavy atom. The van der Waals surface area contributed by atoms with Crippen LogP contribution in [-0.4, -0.2) is 20.6 Å². The van der Waals surface area contributed by atoms with E-state index in [4.69, 9.17) is 0 Å². The third kappa shape index (κ3) is 12.3. The fourth-order valence-corrected chi connectivity index (χ4v) is 10.8. The summed E-state index contributed by atoms with van der Waals surface area (Å²) < 4.78 is 149. The Morgan fingerprint density at radius 1 is 0.423 bits per heavy atom. The van der Waals surface area contributed by atoms with Gasteiger partial charge in [-0.05, 0) is 12.0 Å². The molecule has 10 aromatic carbocycles. The van der Waals surface area contributed by atoms with Gasteiger partial charge in [-0.15, -0.1) is 34.5 Å². The van der Waals surface area contributed by atoms with E-state index in [1.165, 1.54) is 57.8 Å². The summed E-state index contributed by atoms with van der Waals surface area (Å²) in [6.45, 7) is 7.54. The molecule has 78 heavy (non-hydrogen) atoms. The van der Waals surface area contributed by atoms with Crippen molar-refractivity contribution in [3.63, 3.8) is 0 Å². The zero-order valence-electron chi connectivity index (χ0n) is 42.2. The molecule has 2 radical (unpaired) electrons. The van der Waals surface area contributed by atoms with Crippen LogP contribution in [0.3, 0.4) is 0 Å². The molecule has 0 heterocycles. The molecule has 0 fully saturated rings. The van der Waals surface area contributed by atoms with E-state index in [9.17, 15) is 26.3 Å². The van der Waals surface area contributed by atoms with Crippen molar-refractivity contribution in [3.8, 4) is 33.4 Å². The van der Waals surface area contributed by atoms with Gasteiger partial charge in [0, 0.05) is 0 Å². The molecular formula is C65H45BF10SiZr. The van der Waals surface area contributed by atoms with E-state index in [1.54, 1.807) is 13.0 Å². The summed E-state index contributed by atoms with van der Waals surface area (Å²) in [5.74, 6) is -22.3. The summed E-state index contributed by atoms with van der Waals surface area (Å²) >= 11 is 0. The molecule has 386 valence electrons. The normalized spacial score (nSPS) is 11.9. The standard InChI is InChI=1S/C36H20BF10Si.C17H15.2C6H5.Zr/c1-3-18-22(25-29(40)33(44)36(47)34(45)30(25)41)23-20(26(18)37-48(2)17-12-8-5-9-13-17)15-14-19(21(23)16-10-6-4-7-11-16)24-27(38)31(42)35(46)32(43)28(24)39;1-2-13-11-15-9-6-10-16(17(15)12-13)14-7-4-3-5-8-14;2*1-2-4-6-5-3-1;/h4-15H,3H2,1-2H3;3-12H,2H2,1H3;2*1-5H;/q;3*-1;+3. The number of aryl methyl sites for hydroxylation is 1. The van der Waals surface area contributed by atoms with Crippen LogP contribution in [0.2, 0.25) is 6.55 Å². The molecule has 0 saturated carbocycles. The first-order chi connectivity index (χ1) is 37.3. The second-order valence-corrected chi connectivity index (χ2v) is 19.8. The summed E-state index contributed by atoms with van der Waals surface area (Å²) in [5.41, 5.74) is 0.814. The first-order valence-electron chi connectivity index (χ1n) is 24.5. The summed E-state index contributed by atoms with van der Waals surface area (Å²) in [6.07, 6.45) is 1.09. The van der Waals surface area contributed by atoms with Gasteiger partial charge >= 0.3 is 297 Å². The molecule has 0 atom stereocenters. The van der Waals surface area contributed by atoms with E-state index in [0.29, 0.717) is 5.46 Å². The molecule has 0 bridgehead atoms. The van der Waals surface area contributed by atoms with Crippen LogP contribution < -0.4 is 5.19 Å². The van der Waals surface area contributed by atoms with E-state index >= 15 is 17.6 Å². The minimum absolute atomic E-state index is 0. The number of allylic oxidation sites excluding steroid dienone is 1. The molecule has 0 nitrogen and oxygen atoms in total. The van der Waals surface area contributed by atoms with E-state index in [1.807, 2.05) is 104 Å². The zero-order chi connectivity index (χ0) is 54.8. The monoisotopic (exact) mass is 1140 g/mol. The molecule has 0 saturated heterocycles. The van der Waals surface area contributed by atoms with Crippen LogP contribution >= 0.6 is 0 Å². The first-order valence-corrected chi connectivity index (χ1v) is 26.5. The number of hydrogen-bond donors (Lipinski definition) is 0. The van der Waals surface area contributed by atoms with Crippen molar-refractivity contribution in [2.45, 2.75) is 33.2 Å². The van der Waals surface area contributed by atoms with Crippen molar-refractivity contribution in [2.75, 3.05) is 0 Å². The molecule has 0 aromatic heterocycles. The van der Waals surface area contributed by atoms with Crippen LogP contribution in [0.15, 0.2) is 200 Å². The topological polar surface area (TPSA) is 0 Å². The van der Waals surface area contributed by atoms with Gasteiger partial charge in [0.2, 0.25) is 0 Å². The first kappa shape index (κ1) is 58.3. The SMILES string of the molecule is CCC1=C(c2c(F)c(F)c(F)c(F)c2F)c2c(ccc(-c3c(F)c(F)c(F)c(F)c3F)c2-c2ccccc2)C1=B[Si](C)c1ccccc1.CCc1cc2c(-c3ccccc3)cccc2[cH-]1.[Zr+3].[c-]1ccccc1.[c-]1ccccc1. The summed E-state index contributed by atoms with van der Waals surface area (Å²) in [6, 6.07) is 65.7. The Kier molecular flexibility index (Phi) is 20.1. The Hall–Kier alpha value is -7.34. The zero-order valence-corrected chi connectivity index (χ0v) is 45.7. The molecule has 0 amide bonds. The predicted molar refractivity (Wildman–Crippen MR) is 292 cm³/mol. The molecule has 13 heteroatoms. The molecule has 10 aromatic rings. The minimum Gasteiger partial charge on any atom is -0.184 e. The van der Waals surface area contributed by atoms with Crippen LogP contribution in [-0.2, 0) is 32.6 Å². The number of rotatable bonds is 8. The van der Waals surface area contributed by atoms with Crippen LogP contribution in [0.1, 0.15) is 42.5 Å². The van der Waals surface area contributed by atoms with Crippen LogP contribution in [0.25, 0.3) is 49.7 Å². The molecule has 1 aliphatic rings. The van der Waals surface area contributed by atoms with Gasteiger partial charge in [0.15, 0.2) is 0 Å². The average Bonchev–Trinajstić information content (AvgIpc) is 4.15. The maximum absolute atomic E-state index is 15.7. The van der Waals surface area contributed by atoms with Crippen LogP contribution in [0.5, 0.6) is 0 Å². The van der Waals surface area contributed by atoms with Gasteiger partial charge in [-0.1, -0.05) is 48.9 Å². The number of halogens is 10. The molecule has 0 unspecified atom stereocenters. The molecule has 1 aliphatic carbocycles. The van der Waals surface area contributed by atoms with Crippen molar-refractivity contribution in [1.29, 1.82) is 0 Å². The number of benzene rings is 9. The maximum Gasteiger partial charge on any atom is 3.00 e. The fourth-order valence-electron chi connectivity index (χ4n) is 9.18. The Morgan fingerprint density at radius 3 is 1.33 bits per heavy atom. The van der Waals surface area contributed by atoms with Crippen molar-refractivity contribution in [1.82, 2.24) is 0 Å². The van der Waals surface area contributed by atoms with Gasteiger partial charge in [-0.25, -0.2) is 0 Å². The fraction of sp³-hybridized carbons (Fsp3) is 0.0769. The van der Waals surface area contributed by atoms with Crippen molar-refractivity contribution in [3.05, 3.63) is 292 Å². The molecule has 0 N–H and O–H groups in total. The van der Waals surface area contributed by atoms with Crippen molar-refractivity contribution < 1.29 is 70.1 Å². The summed E-state index contributed by atoms with van der Waals surface area (Å²) in [4.78, 5) is 0. The summed E-state index contributed by atoms with van der Waals surface area (Å²) in [7, 11) is -1.60. The van der Waals surface area contributed by atoms with Gasteiger partial charge in [0.1, 0.15) is 0 Å². The third-order valence-electron chi connectivity index (χ3n) is 12.8. The van der Waals surface area contributed by atoms with Gasteiger partial charge < -0.3 is 0 Å². The Bertz CT molecular complexity index is 3580.